The van der Waals surface area contributed by atoms with E-state index in [0.717, 1.165) is 6.07 Å². The maximum absolute atomic E-state index is 12.9. The summed E-state index contributed by atoms with van der Waals surface area (Å²) in [6.45, 7) is 0. The van der Waals surface area contributed by atoms with Crippen LogP contribution in [-0.4, -0.2) is 7.11 Å². The molecule has 12 heavy (non-hydrogen) atoms. The van der Waals surface area contributed by atoms with Gasteiger partial charge in [-0.3, -0.25) is 0 Å². The number of rotatable bonds is 1. The fourth-order valence-corrected chi connectivity index (χ4v) is 1.06. The Morgan fingerprint density at radius 2 is 2.08 bits per heavy atom. The van der Waals surface area contributed by atoms with Crippen LogP contribution < -0.4 is 10.5 Å². The van der Waals surface area contributed by atoms with E-state index in [1.165, 1.54) is 7.11 Å². The van der Waals surface area contributed by atoms with Crippen molar-refractivity contribution in [2.75, 3.05) is 12.8 Å². The lowest BCUT2D eigenvalue weighted by atomic mass is 10.3. The van der Waals surface area contributed by atoms with Gasteiger partial charge in [0.15, 0.2) is 17.4 Å². The van der Waals surface area contributed by atoms with Gasteiger partial charge in [0.1, 0.15) is 5.02 Å². The summed E-state index contributed by atoms with van der Waals surface area (Å²) in [4.78, 5) is 0. The van der Waals surface area contributed by atoms with Crippen LogP contribution >= 0.6 is 11.6 Å². The third kappa shape index (κ3) is 1.30. The predicted octanol–water partition coefficient (Wildman–Crippen LogP) is 2.21. The molecule has 66 valence electrons. The minimum absolute atomic E-state index is 0.330. The van der Waals surface area contributed by atoms with Crippen LogP contribution in [0, 0.1) is 11.6 Å². The standard InChI is InChI=1S/C7H6ClF2NO/c1-12-7-3(9)2-4(11)6(10)5(7)8/h2H,11H2,1H3. The summed E-state index contributed by atoms with van der Waals surface area (Å²) in [5.41, 5.74) is 4.76. The molecule has 0 spiro atoms. The average molecular weight is 194 g/mol. The van der Waals surface area contributed by atoms with Crippen LogP contribution in [-0.2, 0) is 0 Å². The van der Waals surface area contributed by atoms with E-state index in [-0.39, 0.29) is 11.4 Å². The summed E-state index contributed by atoms with van der Waals surface area (Å²) in [6.07, 6.45) is 0. The van der Waals surface area contributed by atoms with Crippen LogP contribution in [0.15, 0.2) is 6.07 Å². The van der Waals surface area contributed by atoms with Gasteiger partial charge >= 0.3 is 0 Å². The van der Waals surface area contributed by atoms with Gasteiger partial charge in [-0.15, -0.1) is 0 Å². The van der Waals surface area contributed by atoms with E-state index in [2.05, 4.69) is 4.74 Å². The van der Waals surface area contributed by atoms with Crippen LogP contribution in [0.25, 0.3) is 0 Å². The number of hydrogen-bond acceptors (Lipinski definition) is 2. The predicted molar refractivity (Wildman–Crippen MR) is 42.3 cm³/mol. The molecular weight excluding hydrogens is 188 g/mol. The van der Waals surface area contributed by atoms with Crippen molar-refractivity contribution in [1.29, 1.82) is 0 Å². The highest BCUT2D eigenvalue weighted by Crippen LogP contribution is 2.33. The molecule has 0 aliphatic heterocycles. The normalized spacial score (nSPS) is 10.0. The summed E-state index contributed by atoms with van der Waals surface area (Å²) < 4.78 is 30.2. The van der Waals surface area contributed by atoms with Crippen molar-refractivity contribution >= 4 is 17.3 Å². The van der Waals surface area contributed by atoms with Crippen LogP contribution in [0.1, 0.15) is 0 Å². The van der Waals surface area contributed by atoms with E-state index in [1.807, 2.05) is 0 Å². The highest BCUT2D eigenvalue weighted by Gasteiger charge is 2.15. The van der Waals surface area contributed by atoms with E-state index in [1.54, 1.807) is 0 Å². The molecular formula is C7H6ClF2NO. The van der Waals surface area contributed by atoms with Gasteiger partial charge in [-0.1, -0.05) is 11.6 Å². The number of nitrogen functional groups attached to an aromatic ring is 1. The van der Waals surface area contributed by atoms with Crippen LogP contribution in [0.2, 0.25) is 5.02 Å². The maximum Gasteiger partial charge on any atom is 0.176 e. The first-order valence-corrected chi connectivity index (χ1v) is 3.42. The highest BCUT2D eigenvalue weighted by atomic mass is 35.5. The zero-order chi connectivity index (χ0) is 9.30. The van der Waals surface area contributed by atoms with Crippen molar-refractivity contribution in [3.05, 3.63) is 22.7 Å². The Balaban J connectivity index is 3.40. The molecule has 0 saturated heterocycles. The first-order valence-electron chi connectivity index (χ1n) is 3.05. The number of hydrogen-bond donors (Lipinski definition) is 1. The molecule has 1 aromatic carbocycles. The quantitative estimate of drug-likeness (QED) is 0.548. The van der Waals surface area contributed by atoms with E-state index in [4.69, 9.17) is 17.3 Å². The Kier molecular flexibility index (Phi) is 2.38. The molecule has 2 nitrogen and oxygen atoms in total. The largest absolute Gasteiger partial charge is 0.492 e. The minimum atomic E-state index is -0.866. The molecule has 0 saturated carbocycles. The summed E-state index contributed by atoms with van der Waals surface area (Å²) >= 11 is 5.38. The Labute approximate surface area is 72.9 Å². The molecule has 0 unspecified atom stereocenters. The van der Waals surface area contributed by atoms with Crippen molar-refractivity contribution in [3.63, 3.8) is 0 Å². The molecule has 0 atom stereocenters. The van der Waals surface area contributed by atoms with Crippen molar-refractivity contribution in [2.45, 2.75) is 0 Å². The van der Waals surface area contributed by atoms with Crippen LogP contribution in [0.5, 0.6) is 5.75 Å². The van der Waals surface area contributed by atoms with E-state index < -0.39 is 16.7 Å². The Hall–Kier alpha value is -1.03. The number of benzene rings is 1. The second-order valence-corrected chi connectivity index (χ2v) is 2.49. The number of nitrogens with two attached hydrogens (primary N) is 1. The molecule has 0 amide bonds. The average Bonchev–Trinajstić information content (AvgIpc) is 2.01. The molecule has 0 aromatic heterocycles. The Morgan fingerprint density at radius 3 is 2.58 bits per heavy atom. The molecule has 0 radical (unpaired) electrons. The number of ether oxygens (including phenoxy) is 1. The third-order valence-electron chi connectivity index (χ3n) is 1.35. The monoisotopic (exact) mass is 193 g/mol. The number of anilines is 1. The summed E-state index contributed by atoms with van der Waals surface area (Å²) in [5, 5.41) is -0.435. The van der Waals surface area contributed by atoms with Crippen molar-refractivity contribution in [2.24, 2.45) is 0 Å². The summed E-state index contributed by atoms with van der Waals surface area (Å²) in [6, 6.07) is 0.819. The summed E-state index contributed by atoms with van der Waals surface area (Å²) in [5.74, 6) is -1.97. The third-order valence-corrected chi connectivity index (χ3v) is 1.69. The van der Waals surface area contributed by atoms with Crippen LogP contribution in [0.4, 0.5) is 14.5 Å². The number of methoxy groups -OCH3 is 1. The zero-order valence-electron chi connectivity index (χ0n) is 6.20. The molecule has 1 aromatic rings. The second-order valence-electron chi connectivity index (χ2n) is 2.11. The number of halogens is 3. The smallest absolute Gasteiger partial charge is 0.176 e. The van der Waals surface area contributed by atoms with Crippen LogP contribution in [0.3, 0.4) is 0 Å². The maximum atomic E-state index is 12.9. The highest BCUT2D eigenvalue weighted by molar-refractivity contribution is 6.32. The minimum Gasteiger partial charge on any atom is -0.492 e. The zero-order valence-corrected chi connectivity index (χ0v) is 6.95. The topological polar surface area (TPSA) is 35.2 Å². The lowest BCUT2D eigenvalue weighted by Crippen LogP contribution is -1.97. The van der Waals surface area contributed by atoms with Crippen molar-refractivity contribution in [3.8, 4) is 5.75 Å². The fraction of sp³-hybridized carbons (Fsp3) is 0.143. The summed E-state index contributed by atoms with van der Waals surface area (Å²) in [7, 11) is 1.19. The molecule has 0 aliphatic carbocycles. The van der Waals surface area contributed by atoms with Gasteiger partial charge in [-0.2, -0.15) is 0 Å². The molecule has 0 heterocycles. The van der Waals surface area contributed by atoms with Crippen molar-refractivity contribution < 1.29 is 13.5 Å². The SMILES string of the molecule is COc1c(F)cc(N)c(F)c1Cl. The van der Waals surface area contributed by atoms with E-state index >= 15 is 0 Å². The Bertz CT molecular complexity index is 317. The van der Waals surface area contributed by atoms with Gasteiger partial charge < -0.3 is 10.5 Å². The Morgan fingerprint density at radius 1 is 1.50 bits per heavy atom. The van der Waals surface area contributed by atoms with Gasteiger partial charge in [0.25, 0.3) is 0 Å². The lowest BCUT2D eigenvalue weighted by molar-refractivity contribution is 0.383. The van der Waals surface area contributed by atoms with Gasteiger partial charge in [0.05, 0.1) is 12.8 Å². The molecule has 2 N–H and O–H groups in total. The molecule has 5 heteroatoms. The van der Waals surface area contributed by atoms with Gasteiger partial charge in [0.2, 0.25) is 0 Å². The van der Waals surface area contributed by atoms with Gasteiger partial charge in [0, 0.05) is 6.07 Å². The molecule has 1 rings (SSSR count). The first-order chi connectivity index (χ1) is 5.57. The fourth-order valence-electron chi connectivity index (χ4n) is 0.784. The van der Waals surface area contributed by atoms with E-state index in [9.17, 15) is 8.78 Å². The van der Waals surface area contributed by atoms with Gasteiger partial charge in [-0.25, -0.2) is 8.78 Å². The lowest BCUT2D eigenvalue weighted by Gasteiger charge is -2.06. The molecule has 0 fully saturated rings. The van der Waals surface area contributed by atoms with E-state index in [0.29, 0.717) is 0 Å². The first kappa shape index (κ1) is 9.06. The van der Waals surface area contributed by atoms with Crippen molar-refractivity contribution in [1.82, 2.24) is 0 Å². The second kappa shape index (κ2) is 3.15. The molecule has 0 aliphatic rings. The van der Waals surface area contributed by atoms with Gasteiger partial charge in [-0.05, 0) is 0 Å². The molecule has 0 bridgehead atoms.